The van der Waals surface area contributed by atoms with E-state index in [1.165, 1.54) is 5.19 Å². The van der Waals surface area contributed by atoms with Gasteiger partial charge in [0.05, 0.1) is 8.07 Å². The Hall–Kier alpha value is -0.863. The van der Waals surface area contributed by atoms with Crippen LogP contribution in [0.5, 0.6) is 0 Å². The Labute approximate surface area is 99.8 Å². The summed E-state index contributed by atoms with van der Waals surface area (Å²) >= 11 is 0. The summed E-state index contributed by atoms with van der Waals surface area (Å²) in [5, 5.41) is 10.6. The van der Waals surface area contributed by atoms with Crippen LogP contribution in [0.2, 0.25) is 18.6 Å². The summed E-state index contributed by atoms with van der Waals surface area (Å²) in [5.41, 5.74) is 0.518. The second-order valence-electron chi connectivity index (χ2n) is 4.73. The van der Waals surface area contributed by atoms with Gasteiger partial charge in [-0.25, -0.2) is 0 Å². The number of rotatable bonds is 5. The van der Waals surface area contributed by atoms with Gasteiger partial charge in [-0.3, -0.25) is 0 Å². The molecule has 2 heteroatoms. The third-order valence-electron chi connectivity index (χ3n) is 3.31. The highest BCUT2D eigenvalue weighted by atomic mass is 28.3. The Bertz CT molecular complexity index is 330. The maximum absolute atomic E-state index is 9.16. The zero-order chi connectivity index (χ0) is 12.0. The smallest absolute Gasteiger partial charge is 0.0874 e. The van der Waals surface area contributed by atoms with Crippen molar-refractivity contribution in [3.8, 4) is 0 Å². The molecule has 0 bridgehead atoms. The van der Waals surface area contributed by atoms with Crippen molar-refractivity contribution in [3.63, 3.8) is 0 Å². The minimum absolute atomic E-state index is 0.276. The maximum atomic E-state index is 9.16. The second kappa shape index (κ2) is 6.02. The van der Waals surface area contributed by atoms with E-state index >= 15 is 0 Å². The molecule has 0 aliphatic rings. The number of hydrogen-bond acceptors (Lipinski definition) is 1. The molecule has 16 heavy (non-hydrogen) atoms. The maximum Gasteiger partial charge on any atom is 0.0874 e. The number of hydrogen-bond donors (Lipinski definition) is 1. The molecule has 0 aromatic heterocycles. The number of benzene rings is 1. The van der Waals surface area contributed by atoms with E-state index in [2.05, 4.69) is 62.5 Å². The van der Waals surface area contributed by atoms with Crippen molar-refractivity contribution in [2.45, 2.75) is 32.0 Å². The first-order chi connectivity index (χ1) is 7.62. The van der Waals surface area contributed by atoms with Crippen LogP contribution in [0, 0.1) is 0 Å². The molecule has 1 N–H and O–H groups in total. The van der Waals surface area contributed by atoms with Gasteiger partial charge in [0.1, 0.15) is 0 Å². The fraction of sp³-hybridized carbons (Fsp3) is 0.429. The van der Waals surface area contributed by atoms with Gasteiger partial charge in [-0.1, -0.05) is 60.8 Å². The highest BCUT2D eigenvalue weighted by Crippen LogP contribution is 2.26. The third kappa shape index (κ3) is 3.06. The molecule has 1 rings (SSSR count). The molecule has 1 atom stereocenters. The van der Waals surface area contributed by atoms with Crippen LogP contribution in [0.4, 0.5) is 0 Å². The fourth-order valence-corrected chi connectivity index (χ4v) is 5.15. The van der Waals surface area contributed by atoms with Crippen LogP contribution in [-0.4, -0.2) is 19.8 Å². The predicted octanol–water partition coefficient (Wildman–Crippen LogP) is 2.93. The highest BCUT2D eigenvalue weighted by Gasteiger charge is 2.31. The summed E-state index contributed by atoms with van der Waals surface area (Å²) in [6.07, 6.45) is 5.24. The Kier molecular flexibility index (Phi) is 4.96. The standard InChI is InChI=1S/C14H22OSi/c1-4-8-13(11-12-15)16(2,3)14-9-6-5-7-10-14/h4-10,13,15H,11-12H2,1-3H3/b8-4+/t13-/m1/s1. The van der Waals surface area contributed by atoms with Crippen molar-refractivity contribution < 1.29 is 5.11 Å². The lowest BCUT2D eigenvalue weighted by molar-refractivity contribution is 0.289. The molecule has 0 amide bonds. The first-order valence-corrected chi connectivity index (χ1v) is 9.00. The Morgan fingerprint density at radius 3 is 2.38 bits per heavy atom. The number of aliphatic hydroxyl groups is 1. The van der Waals surface area contributed by atoms with Gasteiger partial charge in [-0.15, -0.1) is 0 Å². The van der Waals surface area contributed by atoms with Crippen molar-refractivity contribution in [3.05, 3.63) is 42.5 Å². The molecule has 1 aromatic rings. The van der Waals surface area contributed by atoms with E-state index in [1.807, 2.05) is 0 Å². The van der Waals surface area contributed by atoms with Crippen LogP contribution in [0.15, 0.2) is 42.5 Å². The Morgan fingerprint density at radius 2 is 1.88 bits per heavy atom. The van der Waals surface area contributed by atoms with Crippen molar-refractivity contribution in [1.29, 1.82) is 0 Å². The largest absolute Gasteiger partial charge is 0.396 e. The van der Waals surface area contributed by atoms with Crippen LogP contribution in [-0.2, 0) is 0 Å². The number of allylic oxidation sites excluding steroid dienone is 2. The van der Waals surface area contributed by atoms with Crippen molar-refractivity contribution in [1.82, 2.24) is 0 Å². The molecule has 0 fully saturated rings. The lowest BCUT2D eigenvalue weighted by Gasteiger charge is -2.30. The van der Waals surface area contributed by atoms with Gasteiger partial charge in [-0.2, -0.15) is 0 Å². The third-order valence-corrected chi connectivity index (χ3v) is 7.47. The lowest BCUT2D eigenvalue weighted by Crippen LogP contribution is -2.45. The van der Waals surface area contributed by atoms with Crippen LogP contribution in [0.1, 0.15) is 13.3 Å². The molecular weight excluding hydrogens is 212 g/mol. The quantitative estimate of drug-likeness (QED) is 0.613. The van der Waals surface area contributed by atoms with Crippen molar-refractivity contribution >= 4 is 13.3 Å². The minimum Gasteiger partial charge on any atom is -0.396 e. The van der Waals surface area contributed by atoms with Crippen LogP contribution in [0.3, 0.4) is 0 Å². The van der Waals surface area contributed by atoms with E-state index in [0.717, 1.165) is 6.42 Å². The van der Waals surface area contributed by atoms with Gasteiger partial charge in [0.25, 0.3) is 0 Å². The average molecular weight is 234 g/mol. The summed E-state index contributed by atoms with van der Waals surface area (Å²) < 4.78 is 0. The zero-order valence-electron chi connectivity index (χ0n) is 10.5. The van der Waals surface area contributed by atoms with Gasteiger partial charge in [0, 0.05) is 6.61 Å². The first-order valence-electron chi connectivity index (χ1n) is 5.92. The molecule has 0 saturated heterocycles. The molecule has 0 saturated carbocycles. The molecular formula is C14H22OSi. The molecule has 1 nitrogen and oxygen atoms in total. The Balaban J connectivity index is 2.97. The molecule has 0 spiro atoms. The normalized spacial score (nSPS) is 14.2. The van der Waals surface area contributed by atoms with Gasteiger partial charge >= 0.3 is 0 Å². The number of aliphatic hydroxyl groups excluding tert-OH is 1. The van der Waals surface area contributed by atoms with Gasteiger partial charge < -0.3 is 5.11 Å². The zero-order valence-corrected chi connectivity index (χ0v) is 11.5. The van der Waals surface area contributed by atoms with Crippen molar-refractivity contribution in [2.75, 3.05) is 6.61 Å². The van der Waals surface area contributed by atoms with E-state index in [9.17, 15) is 0 Å². The monoisotopic (exact) mass is 234 g/mol. The van der Waals surface area contributed by atoms with E-state index in [4.69, 9.17) is 5.11 Å². The predicted molar refractivity (Wildman–Crippen MR) is 73.8 cm³/mol. The van der Waals surface area contributed by atoms with Crippen LogP contribution < -0.4 is 5.19 Å². The van der Waals surface area contributed by atoms with Crippen LogP contribution >= 0.6 is 0 Å². The van der Waals surface area contributed by atoms with Gasteiger partial charge in [-0.05, 0) is 18.9 Å². The lowest BCUT2D eigenvalue weighted by atomic mass is 10.3. The van der Waals surface area contributed by atoms with Gasteiger partial charge in [0.15, 0.2) is 0 Å². The molecule has 0 unspecified atom stereocenters. The van der Waals surface area contributed by atoms with E-state index in [-0.39, 0.29) is 6.61 Å². The first kappa shape index (κ1) is 13.2. The van der Waals surface area contributed by atoms with Gasteiger partial charge in [0.2, 0.25) is 0 Å². The SMILES string of the molecule is C/C=C/[C@H](CCO)[Si](C)(C)c1ccccc1. The summed E-state index contributed by atoms with van der Waals surface area (Å²) in [5.74, 6) is 0. The fourth-order valence-electron chi connectivity index (χ4n) is 2.15. The average Bonchev–Trinajstić information content (AvgIpc) is 2.30. The van der Waals surface area contributed by atoms with Crippen LogP contribution in [0.25, 0.3) is 0 Å². The summed E-state index contributed by atoms with van der Waals surface area (Å²) in [4.78, 5) is 0. The summed E-state index contributed by atoms with van der Waals surface area (Å²) in [6, 6.07) is 10.7. The van der Waals surface area contributed by atoms with Crippen molar-refractivity contribution in [2.24, 2.45) is 0 Å². The van der Waals surface area contributed by atoms with E-state index < -0.39 is 8.07 Å². The van der Waals surface area contributed by atoms with E-state index in [1.54, 1.807) is 0 Å². The summed E-state index contributed by atoms with van der Waals surface area (Å²) in [6.45, 7) is 7.09. The second-order valence-corrected chi connectivity index (χ2v) is 9.49. The molecule has 88 valence electrons. The molecule has 0 aliphatic heterocycles. The molecule has 0 radical (unpaired) electrons. The molecule has 0 heterocycles. The molecule has 1 aromatic carbocycles. The van der Waals surface area contributed by atoms with E-state index in [0.29, 0.717) is 5.54 Å². The highest BCUT2D eigenvalue weighted by molar-refractivity contribution is 6.91. The topological polar surface area (TPSA) is 20.2 Å². The summed E-state index contributed by atoms with van der Waals surface area (Å²) in [7, 11) is -1.50. The Morgan fingerprint density at radius 1 is 1.25 bits per heavy atom. The molecule has 0 aliphatic carbocycles. The minimum atomic E-state index is -1.50.